The number of nitro benzene ring substituents is 1. The third kappa shape index (κ3) is 2.61. The summed E-state index contributed by atoms with van der Waals surface area (Å²) in [5, 5.41) is 20.1. The highest BCUT2D eigenvalue weighted by Gasteiger charge is 2.28. The van der Waals surface area contributed by atoms with Crippen molar-refractivity contribution >= 4 is 11.4 Å². The van der Waals surface area contributed by atoms with E-state index in [-0.39, 0.29) is 16.7 Å². The lowest BCUT2D eigenvalue weighted by Gasteiger charge is -2.35. The van der Waals surface area contributed by atoms with Crippen molar-refractivity contribution in [1.29, 1.82) is 0 Å². The third-order valence-corrected chi connectivity index (χ3v) is 3.57. The van der Waals surface area contributed by atoms with Crippen LogP contribution in [0.3, 0.4) is 0 Å². The minimum atomic E-state index is -0.347. The molecule has 5 heteroatoms. The van der Waals surface area contributed by atoms with E-state index in [0.717, 1.165) is 25.1 Å². The van der Waals surface area contributed by atoms with Gasteiger partial charge in [-0.05, 0) is 31.7 Å². The number of nitro groups is 1. The fourth-order valence-corrected chi connectivity index (χ4v) is 2.37. The van der Waals surface area contributed by atoms with Gasteiger partial charge in [-0.15, -0.1) is 0 Å². The monoisotopic (exact) mass is 250 g/mol. The number of aliphatic hydroxyl groups is 1. The Morgan fingerprint density at radius 2 is 2.17 bits per heavy atom. The zero-order chi connectivity index (χ0) is 13.3. The fourth-order valence-electron chi connectivity index (χ4n) is 2.37. The van der Waals surface area contributed by atoms with E-state index in [1.165, 1.54) is 0 Å². The Morgan fingerprint density at radius 1 is 1.50 bits per heavy atom. The molecule has 0 atom stereocenters. The largest absolute Gasteiger partial charge is 0.393 e. The highest BCUT2D eigenvalue weighted by Crippen LogP contribution is 2.30. The van der Waals surface area contributed by atoms with E-state index >= 15 is 0 Å². The fraction of sp³-hybridized carbons (Fsp3) is 0.538. The lowest BCUT2D eigenvalue weighted by molar-refractivity contribution is -0.385. The van der Waals surface area contributed by atoms with Crippen molar-refractivity contribution in [2.75, 3.05) is 18.5 Å². The second kappa shape index (κ2) is 4.94. The molecule has 5 nitrogen and oxygen atoms in total. The number of aryl methyl sites for hydroxylation is 1. The van der Waals surface area contributed by atoms with Crippen LogP contribution in [-0.4, -0.2) is 29.7 Å². The second-order valence-electron chi connectivity index (χ2n) is 5.10. The van der Waals surface area contributed by atoms with Gasteiger partial charge in [0.25, 0.3) is 5.69 Å². The summed E-state index contributed by atoms with van der Waals surface area (Å²) in [6, 6.07) is 5.29. The molecular formula is C13H18N2O3. The van der Waals surface area contributed by atoms with Crippen LogP contribution in [0.1, 0.15) is 18.4 Å². The van der Waals surface area contributed by atoms with Crippen molar-refractivity contribution in [3.8, 4) is 0 Å². The number of benzene rings is 1. The van der Waals surface area contributed by atoms with Crippen molar-refractivity contribution in [3.05, 3.63) is 33.9 Å². The van der Waals surface area contributed by atoms with Crippen LogP contribution in [0.4, 0.5) is 11.4 Å². The van der Waals surface area contributed by atoms with Gasteiger partial charge in [0.1, 0.15) is 0 Å². The molecule has 0 saturated heterocycles. The van der Waals surface area contributed by atoms with E-state index < -0.39 is 0 Å². The minimum absolute atomic E-state index is 0.157. The van der Waals surface area contributed by atoms with Crippen LogP contribution in [0.2, 0.25) is 0 Å². The lowest BCUT2D eigenvalue weighted by Crippen LogP contribution is -2.37. The summed E-state index contributed by atoms with van der Waals surface area (Å²) in [5.74, 6) is 0.491. The Bertz CT molecular complexity index is 456. The maximum Gasteiger partial charge on any atom is 0.274 e. The Hall–Kier alpha value is -1.62. The molecule has 0 unspecified atom stereocenters. The van der Waals surface area contributed by atoms with Crippen LogP contribution in [0.25, 0.3) is 0 Å². The minimum Gasteiger partial charge on any atom is -0.393 e. The van der Waals surface area contributed by atoms with Gasteiger partial charge in [0.2, 0.25) is 0 Å². The van der Waals surface area contributed by atoms with Crippen molar-refractivity contribution in [2.45, 2.75) is 25.9 Å². The number of nitrogens with zero attached hydrogens (tertiary/aromatic N) is 2. The molecule has 1 aliphatic carbocycles. The molecule has 2 rings (SSSR count). The second-order valence-corrected chi connectivity index (χ2v) is 5.10. The van der Waals surface area contributed by atoms with Gasteiger partial charge in [-0.2, -0.15) is 0 Å². The van der Waals surface area contributed by atoms with E-state index in [1.54, 1.807) is 19.1 Å². The van der Waals surface area contributed by atoms with Crippen molar-refractivity contribution in [2.24, 2.45) is 5.92 Å². The topological polar surface area (TPSA) is 66.6 Å². The summed E-state index contributed by atoms with van der Waals surface area (Å²) in [6.45, 7) is 2.57. The van der Waals surface area contributed by atoms with Gasteiger partial charge in [-0.3, -0.25) is 10.1 Å². The van der Waals surface area contributed by atoms with E-state index in [4.69, 9.17) is 0 Å². The van der Waals surface area contributed by atoms with Gasteiger partial charge >= 0.3 is 0 Å². The number of rotatable bonds is 4. The quantitative estimate of drug-likeness (QED) is 0.656. The predicted octanol–water partition coefficient (Wildman–Crippen LogP) is 2.11. The molecule has 0 spiro atoms. The molecule has 1 saturated carbocycles. The van der Waals surface area contributed by atoms with Crippen LogP contribution < -0.4 is 4.90 Å². The smallest absolute Gasteiger partial charge is 0.274 e. The van der Waals surface area contributed by atoms with Crippen molar-refractivity contribution < 1.29 is 10.0 Å². The number of hydrogen-bond acceptors (Lipinski definition) is 4. The highest BCUT2D eigenvalue weighted by molar-refractivity contribution is 5.56. The molecule has 1 aromatic rings. The number of anilines is 1. The molecule has 0 radical (unpaired) electrons. The third-order valence-electron chi connectivity index (χ3n) is 3.57. The summed E-state index contributed by atoms with van der Waals surface area (Å²) < 4.78 is 0. The van der Waals surface area contributed by atoms with Gasteiger partial charge < -0.3 is 10.0 Å². The average molecular weight is 250 g/mol. The summed E-state index contributed by atoms with van der Waals surface area (Å²) in [4.78, 5) is 12.6. The van der Waals surface area contributed by atoms with Gasteiger partial charge in [0, 0.05) is 30.9 Å². The Balaban J connectivity index is 2.08. The summed E-state index contributed by atoms with van der Waals surface area (Å²) >= 11 is 0. The van der Waals surface area contributed by atoms with E-state index in [1.807, 2.05) is 18.0 Å². The molecule has 1 aromatic carbocycles. The first-order valence-corrected chi connectivity index (χ1v) is 6.11. The predicted molar refractivity (Wildman–Crippen MR) is 69.8 cm³/mol. The first-order chi connectivity index (χ1) is 8.47. The summed E-state index contributed by atoms with van der Waals surface area (Å²) in [6.07, 6.45) is 1.51. The lowest BCUT2D eigenvalue weighted by atomic mass is 9.82. The first-order valence-electron chi connectivity index (χ1n) is 6.11. The Kier molecular flexibility index (Phi) is 3.52. The number of hydrogen-bond donors (Lipinski definition) is 1. The maximum atomic E-state index is 10.9. The molecule has 18 heavy (non-hydrogen) atoms. The van der Waals surface area contributed by atoms with Gasteiger partial charge in [0.05, 0.1) is 11.0 Å². The standard InChI is InChI=1S/C13H18N2O3/c1-9-3-4-11(7-13(9)15(17)18)14(2)8-10-5-12(16)6-10/h3-4,7,10,12,16H,5-6,8H2,1-2H3. The van der Waals surface area contributed by atoms with E-state index in [2.05, 4.69) is 0 Å². The van der Waals surface area contributed by atoms with Gasteiger partial charge in [-0.25, -0.2) is 0 Å². The van der Waals surface area contributed by atoms with Crippen molar-refractivity contribution in [3.63, 3.8) is 0 Å². The van der Waals surface area contributed by atoms with Gasteiger partial charge in [-0.1, -0.05) is 6.07 Å². The van der Waals surface area contributed by atoms with E-state index in [9.17, 15) is 15.2 Å². The zero-order valence-corrected chi connectivity index (χ0v) is 10.7. The molecule has 0 amide bonds. The molecule has 1 fully saturated rings. The van der Waals surface area contributed by atoms with Crippen LogP contribution in [0.5, 0.6) is 0 Å². The maximum absolute atomic E-state index is 10.9. The van der Waals surface area contributed by atoms with Crippen LogP contribution in [-0.2, 0) is 0 Å². The molecule has 0 aromatic heterocycles. The normalized spacial score (nSPS) is 22.4. The summed E-state index contributed by atoms with van der Waals surface area (Å²) in [7, 11) is 1.93. The molecule has 0 bridgehead atoms. The van der Waals surface area contributed by atoms with Crippen LogP contribution in [0, 0.1) is 23.0 Å². The Labute approximate surface area is 106 Å². The average Bonchev–Trinajstić information content (AvgIpc) is 2.27. The summed E-state index contributed by atoms with van der Waals surface area (Å²) in [5.41, 5.74) is 1.69. The number of aliphatic hydroxyl groups excluding tert-OH is 1. The van der Waals surface area contributed by atoms with Crippen molar-refractivity contribution in [1.82, 2.24) is 0 Å². The molecule has 98 valence electrons. The molecule has 0 aliphatic heterocycles. The Morgan fingerprint density at radius 3 is 2.72 bits per heavy atom. The zero-order valence-electron chi connectivity index (χ0n) is 10.7. The highest BCUT2D eigenvalue weighted by atomic mass is 16.6. The molecular weight excluding hydrogens is 232 g/mol. The first kappa shape index (κ1) is 12.8. The SMILES string of the molecule is Cc1ccc(N(C)CC2CC(O)C2)cc1[N+](=O)[O-]. The van der Waals surface area contributed by atoms with Gasteiger partial charge in [0.15, 0.2) is 0 Å². The van der Waals surface area contributed by atoms with Crippen LogP contribution in [0.15, 0.2) is 18.2 Å². The molecule has 1 aliphatic rings. The molecule has 0 heterocycles. The van der Waals surface area contributed by atoms with E-state index in [0.29, 0.717) is 11.5 Å². The van der Waals surface area contributed by atoms with Crippen LogP contribution >= 0.6 is 0 Å². The molecule has 1 N–H and O–H groups in total.